The SMILES string of the molecule is O=C(Oc1ccc2cc(O)ccc2c1)c1ccc2cc(O)ccc2c1. The van der Waals surface area contributed by atoms with Gasteiger partial charge in [-0.3, -0.25) is 0 Å². The van der Waals surface area contributed by atoms with Gasteiger partial charge in [-0.05, 0) is 70.1 Å². The summed E-state index contributed by atoms with van der Waals surface area (Å²) in [6.07, 6.45) is 0. The number of carbonyl (C=O) groups is 1. The Bertz CT molecular complexity index is 1120. The van der Waals surface area contributed by atoms with Gasteiger partial charge in [-0.1, -0.05) is 24.3 Å². The maximum absolute atomic E-state index is 12.4. The highest BCUT2D eigenvalue weighted by molar-refractivity contribution is 5.97. The largest absolute Gasteiger partial charge is 0.508 e. The van der Waals surface area contributed by atoms with Crippen LogP contribution in [0.5, 0.6) is 17.2 Å². The molecule has 0 saturated heterocycles. The van der Waals surface area contributed by atoms with E-state index in [9.17, 15) is 15.0 Å². The van der Waals surface area contributed by atoms with Crippen molar-refractivity contribution in [3.05, 3.63) is 78.4 Å². The molecule has 0 unspecified atom stereocenters. The van der Waals surface area contributed by atoms with Gasteiger partial charge in [0.25, 0.3) is 0 Å². The van der Waals surface area contributed by atoms with Crippen LogP contribution in [0.1, 0.15) is 10.4 Å². The number of phenols is 2. The molecule has 4 rings (SSSR count). The predicted molar refractivity (Wildman–Crippen MR) is 96.2 cm³/mol. The maximum Gasteiger partial charge on any atom is 0.343 e. The number of aromatic hydroxyl groups is 2. The zero-order valence-electron chi connectivity index (χ0n) is 13.1. The minimum atomic E-state index is -0.451. The number of hydrogen-bond donors (Lipinski definition) is 2. The zero-order chi connectivity index (χ0) is 17.4. The standard InChI is InChI=1S/C21H14O4/c22-18-6-3-13-9-17(2-1-14(13)10-18)21(24)25-20-8-5-15-11-19(23)7-4-16(15)12-20/h1-12,22-23H. The molecule has 4 heteroatoms. The lowest BCUT2D eigenvalue weighted by Crippen LogP contribution is -2.08. The summed E-state index contributed by atoms with van der Waals surface area (Å²) in [5.74, 6) is 0.367. The van der Waals surface area contributed by atoms with E-state index < -0.39 is 5.97 Å². The number of fused-ring (bicyclic) bond motifs is 2. The Hall–Kier alpha value is -3.53. The molecule has 0 saturated carbocycles. The van der Waals surface area contributed by atoms with Gasteiger partial charge < -0.3 is 14.9 Å². The fraction of sp³-hybridized carbons (Fsp3) is 0. The first kappa shape index (κ1) is 15.0. The van der Waals surface area contributed by atoms with E-state index in [1.807, 2.05) is 0 Å². The molecule has 0 aromatic heterocycles. The lowest BCUT2D eigenvalue weighted by molar-refractivity contribution is 0.0735. The summed E-state index contributed by atoms with van der Waals surface area (Å²) in [6, 6.07) is 20.4. The van der Waals surface area contributed by atoms with Crippen molar-refractivity contribution in [2.75, 3.05) is 0 Å². The summed E-state index contributed by atoms with van der Waals surface area (Å²) < 4.78 is 5.46. The smallest absolute Gasteiger partial charge is 0.343 e. The second kappa shape index (κ2) is 5.83. The van der Waals surface area contributed by atoms with Crippen molar-refractivity contribution in [3.8, 4) is 17.2 Å². The minimum Gasteiger partial charge on any atom is -0.508 e. The molecule has 0 atom stereocenters. The normalized spacial score (nSPS) is 10.9. The predicted octanol–water partition coefficient (Wildman–Crippen LogP) is 4.62. The summed E-state index contributed by atoms with van der Waals surface area (Å²) >= 11 is 0. The van der Waals surface area contributed by atoms with Crippen molar-refractivity contribution in [2.45, 2.75) is 0 Å². The van der Waals surface area contributed by atoms with Crippen LogP contribution in [0.3, 0.4) is 0 Å². The van der Waals surface area contributed by atoms with Gasteiger partial charge in [0, 0.05) is 0 Å². The highest BCUT2D eigenvalue weighted by Gasteiger charge is 2.10. The number of hydrogen-bond acceptors (Lipinski definition) is 4. The van der Waals surface area contributed by atoms with Crippen LogP contribution < -0.4 is 4.74 Å². The van der Waals surface area contributed by atoms with Crippen molar-refractivity contribution in [1.29, 1.82) is 0 Å². The van der Waals surface area contributed by atoms with Gasteiger partial charge in [0.2, 0.25) is 0 Å². The number of phenolic OH excluding ortho intramolecular Hbond substituents is 2. The van der Waals surface area contributed by atoms with E-state index in [0.717, 1.165) is 21.5 Å². The molecule has 0 bridgehead atoms. The second-order valence-electron chi connectivity index (χ2n) is 5.83. The monoisotopic (exact) mass is 330 g/mol. The molecule has 0 aliphatic heterocycles. The fourth-order valence-electron chi connectivity index (χ4n) is 2.80. The molecule has 4 nitrogen and oxygen atoms in total. The lowest BCUT2D eigenvalue weighted by Gasteiger charge is -2.07. The number of esters is 1. The third-order valence-corrected chi connectivity index (χ3v) is 4.07. The minimum absolute atomic E-state index is 0.185. The van der Waals surface area contributed by atoms with Crippen LogP contribution >= 0.6 is 0 Å². The van der Waals surface area contributed by atoms with Crippen molar-refractivity contribution < 1.29 is 19.7 Å². The van der Waals surface area contributed by atoms with Crippen LogP contribution in [-0.2, 0) is 0 Å². The molecule has 0 spiro atoms. The van der Waals surface area contributed by atoms with Crippen LogP contribution in [0.15, 0.2) is 72.8 Å². The zero-order valence-corrected chi connectivity index (χ0v) is 13.1. The van der Waals surface area contributed by atoms with Crippen LogP contribution in [0.25, 0.3) is 21.5 Å². The van der Waals surface area contributed by atoms with Gasteiger partial charge in [-0.2, -0.15) is 0 Å². The van der Waals surface area contributed by atoms with Gasteiger partial charge >= 0.3 is 5.97 Å². The van der Waals surface area contributed by atoms with Crippen LogP contribution in [0.2, 0.25) is 0 Å². The first-order valence-corrected chi connectivity index (χ1v) is 7.76. The molecule has 2 N–H and O–H groups in total. The number of ether oxygens (including phenoxy) is 1. The van der Waals surface area contributed by atoms with Gasteiger partial charge in [0.05, 0.1) is 5.56 Å². The first-order chi connectivity index (χ1) is 12.1. The second-order valence-corrected chi connectivity index (χ2v) is 5.83. The number of benzene rings is 4. The quantitative estimate of drug-likeness (QED) is 0.415. The van der Waals surface area contributed by atoms with Crippen molar-refractivity contribution in [3.63, 3.8) is 0 Å². The summed E-state index contributed by atoms with van der Waals surface area (Å²) in [5, 5.41) is 22.4. The van der Waals surface area contributed by atoms with Crippen molar-refractivity contribution in [1.82, 2.24) is 0 Å². The molecule has 122 valence electrons. The van der Waals surface area contributed by atoms with E-state index >= 15 is 0 Å². The third kappa shape index (κ3) is 2.97. The molecule has 0 radical (unpaired) electrons. The Kier molecular flexibility index (Phi) is 3.51. The van der Waals surface area contributed by atoms with E-state index in [0.29, 0.717) is 11.3 Å². The summed E-state index contributed by atoms with van der Waals surface area (Å²) in [7, 11) is 0. The van der Waals surface area contributed by atoms with Gasteiger partial charge in [0.15, 0.2) is 0 Å². The molecule has 4 aromatic rings. The maximum atomic E-state index is 12.4. The highest BCUT2D eigenvalue weighted by Crippen LogP contribution is 2.26. The van der Waals surface area contributed by atoms with Crippen molar-refractivity contribution in [2.24, 2.45) is 0 Å². The Balaban J connectivity index is 1.63. The molecular weight excluding hydrogens is 316 g/mol. The molecule has 0 amide bonds. The van der Waals surface area contributed by atoms with Gasteiger partial charge in [-0.25, -0.2) is 4.79 Å². The van der Waals surface area contributed by atoms with E-state index in [4.69, 9.17) is 4.74 Å². The van der Waals surface area contributed by atoms with Gasteiger partial charge in [-0.15, -0.1) is 0 Å². The molecule has 0 aliphatic carbocycles. The lowest BCUT2D eigenvalue weighted by atomic mass is 10.1. The fourth-order valence-corrected chi connectivity index (χ4v) is 2.80. The Morgan fingerprint density at radius 1 is 0.640 bits per heavy atom. The van der Waals surface area contributed by atoms with Crippen molar-refractivity contribution >= 4 is 27.5 Å². The topological polar surface area (TPSA) is 66.8 Å². The average molecular weight is 330 g/mol. The summed E-state index contributed by atoms with van der Waals surface area (Å²) in [6.45, 7) is 0. The third-order valence-electron chi connectivity index (χ3n) is 4.07. The van der Waals surface area contributed by atoms with Crippen LogP contribution in [-0.4, -0.2) is 16.2 Å². The Morgan fingerprint density at radius 2 is 1.16 bits per heavy atom. The van der Waals surface area contributed by atoms with E-state index in [1.54, 1.807) is 72.8 Å². The van der Waals surface area contributed by atoms with E-state index in [2.05, 4.69) is 0 Å². The molecular formula is C21H14O4. The highest BCUT2D eigenvalue weighted by atomic mass is 16.5. The van der Waals surface area contributed by atoms with Gasteiger partial charge in [0.1, 0.15) is 17.2 Å². The molecule has 0 fully saturated rings. The Morgan fingerprint density at radius 3 is 1.84 bits per heavy atom. The van der Waals surface area contributed by atoms with Crippen LogP contribution in [0, 0.1) is 0 Å². The summed E-state index contributed by atoms with van der Waals surface area (Å²) in [4.78, 5) is 12.4. The molecule has 25 heavy (non-hydrogen) atoms. The number of rotatable bonds is 2. The Labute approximate surface area is 143 Å². The molecule has 0 aliphatic rings. The first-order valence-electron chi connectivity index (χ1n) is 7.76. The molecule has 4 aromatic carbocycles. The number of carbonyl (C=O) groups excluding carboxylic acids is 1. The van der Waals surface area contributed by atoms with E-state index in [-0.39, 0.29) is 11.5 Å². The molecule has 0 heterocycles. The van der Waals surface area contributed by atoms with E-state index in [1.165, 1.54) is 0 Å². The average Bonchev–Trinajstić information content (AvgIpc) is 2.61. The van der Waals surface area contributed by atoms with Crippen LogP contribution in [0.4, 0.5) is 0 Å². The summed E-state index contributed by atoms with van der Waals surface area (Å²) in [5.41, 5.74) is 0.434.